The Bertz CT molecular complexity index is 1070. The van der Waals surface area contributed by atoms with Crippen LogP contribution >= 0.6 is 23.1 Å². The summed E-state index contributed by atoms with van der Waals surface area (Å²) in [6.07, 6.45) is 3.47. The van der Waals surface area contributed by atoms with Gasteiger partial charge in [0.15, 0.2) is 5.16 Å². The maximum Gasteiger partial charge on any atom is 0.346 e. The molecule has 0 bridgehead atoms. The van der Waals surface area contributed by atoms with Gasteiger partial charge in [0.25, 0.3) is 10.0 Å². The van der Waals surface area contributed by atoms with Crippen LogP contribution in [0, 0.1) is 6.92 Å². The van der Waals surface area contributed by atoms with E-state index in [1.54, 1.807) is 43.6 Å². The molecule has 0 amide bonds. The van der Waals surface area contributed by atoms with Crippen molar-refractivity contribution in [1.82, 2.24) is 9.55 Å². The minimum atomic E-state index is -3.90. The van der Waals surface area contributed by atoms with Gasteiger partial charge in [-0.25, -0.2) is 18.2 Å². The molecular formula is C16H15N3O4S3. The second-order valence-electron chi connectivity index (χ2n) is 5.41. The standard InChI is InChI=1S/C16H15N3O4S3/c1-10-9-13(25-14(10)15(20)21)26(22,23)18-11-5-3-4-6-12(11)24-16-17-7-8-19(16)2/h3-9,18H,1-2H3,(H,20,21). The third-order valence-corrected chi connectivity index (χ3v) is 7.68. The maximum absolute atomic E-state index is 12.7. The van der Waals surface area contributed by atoms with Crippen LogP contribution in [0.5, 0.6) is 0 Å². The van der Waals surface area contributed by atoms with Crippen LogP contribution in [0.4, 0.5) is 5.69 Å². The lowest BCUT2D eigenvalue weighted by atomic mass is 10.3. The molecule has 0 unspecified atom stereocenters. The molecule has 10 heteroatoms. The van der Waals surface area contributed by atoms with Crippen LogP contribution in [0.2, 0.25) is 0 Å². The van der Waals surface area contributed by atoms with Crippen LogP contribution in [0.1, 0.15) is 15.2 Å². The second-order valence-corrected chi connectivity index (χ2v) is 9.38. The number of carbonyl (C=O) groups is 1. The summed E-state index contributed by atoms with van der Waals surface area (Å²) in [4.78, 5) is 16.1. The molecular weight excluding hydrogens is 394 g/mol. The van der Waals surface area contributed by atoms with Gasteiger partial charge in [-0.05, 0) is 42.4 Å². The van der Waals surface area contributed by atoms with Crippen molar-refractivity contribution in [1.29, 1.82) is 0 Å². The molecule has 2 N–H and O–H groups in total. The Balaban J connectivity index is 1.92. The molecule has 7 nitrogen and oxygen atoms in total. The zero-order valence-electron chi connectivity index (χ0n) is 13.8. The number of thiophene rings is 1. The Morgan fingerprint density at radius 3 is 2.69 bits per heavy atom. The normalized spacial score (nSPS) is 11.5. The molecule has 3 aromatic rings. The Labute approximate surface area is 158 Å². The minimum absolute atomic E-state index is 0.0149. The van der Waals surface area contributed by atoms with E-state index in [2.05, 4.69) is 9.71 Å². The van der Waals surface area contributed by atoms with Crippen LogP contribution in [0.3, 0.4) is 0 Å². The molecule has 0 saturated heterocycles. The first-order valence-electron chi connectivity index (χ1n) is 7.38. The van der Waals surface area contributed by atoms with E-state index in [9.17, 15) is 13.2 Å². The molecule has 0 aliphatic heterocycles. The van der Waals surface area contributed by atoms with Crippen molar-refractivity contribution in [3.05, 3.63) is 53.2 Å². The number of rotatable bonds is 6. The monoisotopic (exact) mass is 409 g/mol. The summed E-state index contributed by atoms with van der Waals surface area (Å²) in [6, 6.07) is 8.34. The molecule has 0 radical (unpaired) electrons. The van der Waals surface area contributed by atoms with E-state index < -0.39 is 16.0 Å². The number of benzene rings is 1. The van der Waals surface area contributed by atoms with Crippen molar-refractivity contribution in [2.75, 3.05) is 4.72 Å². The highest BCUT2D eigenvalue weighted by molar-refractivity contribution is 7.99. The van der Waals surface area contributed by atoms with Crippen LogP contribution in [0.25, 0.3) is 0 Å². The quantitative estimate of drug-likeness (QED) is 0.647. The summed E-state index contributed by atoms with van der Waals surface area (Å²) in [7, 11) is -2.04. The fourth-order valence-electron chi connectivity index (χ4n) is 2.18. The number of nitrogens with one attached hydrogen (secondary N) is 1. The molecule has 2 aromatic heterocycles. The number of nitrogens with zero attached hydrogens (tertiary/aromatic N) is 2. The van der Waals surface area contributed by atoms with Crippen molar-refractivity contribution in [3.8, 4) is 0 Å². The van der Waals surface area contributed by atoms with Gasteiger partial charge in [0.2, 0.25) is 0 Å². The number of aryl methyl sites for hydroxylation is 2. The average Bonchev–Trinajstić information content (AvgIpc) is 3.16. The number of carboxylic acids is 1. The highest BCUT2D eigenvalue weighted by atomic mass is 32.2. The number of aromatic nitrogens is 2. The van der Waals surface area contributed by atoms with Crippen molar-refractivity contribution in [2.24, 2.45) is 7.05 Å². The largest absolute Gasteiger partial charge is 0.477 e. The Kier molecular flexibility index (Phi) is 5.08. The van der Waals surface area contributed by atoms with Gasteiger partial charge in [-0.1, -0.05) is 12.1 Å². The van der Waals surface area contributed by atoms with E-state index in [1.807, 2.05) is 11.6 Å². The summed E-state index contributed by atoms with van der Waals surface area (Å²) in [6.45, 7) is 1.57. The summed E-state index contributed by atoms with van der Waals surface area (Å²) >= 11 is 2.07. The van der Waals surface area contributed by atoms with Crippen molar-refractivity contribution < 1.29 is 18.3 Å². The van der Waals surface area contributed by atoms with E-state index in [0.717, 1.165) is 16.5 Å². The predicted octanol–water partition coefficient (Wildman–Crippen LogP) is 3.44. The van der Waals surface area contributed by atoms with Crippen molar-refractivity contribution in [2.45, 2.75) is 21.2 Å². The molecule has 0 fully saturated rings. The summed E-state index contributed by atoms with van der Waals surface area (Å²) in [5.74, 6) is -1.14. The molecule has 0 aliphatic carbocycles. The highest BCUT2D eigenvalue weighted by Crippen LogP contribution is 2.34. The first-order chi connectivity index (χ1) is 12.3. The van der Waals surface area contributed by atoms with Crippen LogP contribution < -0.4 is 4.72 Å². The number of hydrogen-bond donors (Lipinski definition) is 2. The number of aromatic carboxylic acids is 1. The van der Waals surface area contributed by atoms with Gasteiger partial charge in [-0.15, -0.1) is 11.3 Å². The summed E-state index contributed by atoms with van der Waals surface area (Å²) in [5.41, 5.74) is 0.821. The first kappa shape index (κ1) is 18.5. The lowest BCUT2D eigenvalue weighted by molar-refractivity contribution is 0.0701. The molecule has 2 heterocycles. The van der Waals surface area contributed by atoms with Crippen molar-refractivity contribution >= 4 is 44.8 Å². The van der Waals surface area contributed by atoms with E-state index in [0.29, 0.717) is 16.1 Å². The summed E-state index contributed by atoms with van der Waals surface area (Å²) in [5, 5.41) is 9.85. The fourth-order valence-corrected chi connectivity index (χ4v) is 5.59. The van der Waals surface area contributed by atoms with E-state index in [-0.39, 0.29) is 9.09 Å². The number of imidazole rings is 1. The van der Waals surface area contributed by atoms with Gasteiger partial charge in [0.05, 0.1) is 5.69 Å². The molecule has 136 valence electrons. The average molecular weight is 410 g/mol. The third kappa shape index (κ3) is 3.76. The van der Waals surface area contributed by atoms with Gasteiger partial charge in [0.1, 0.15) is 9.09 Å². The maximum atomic E-state index is 12.7. The Morgan fingerprint density at radius 2 is 2.08 bits per heavy atom. The van der Waals surface area contributed by atoms with E-state index in [1.165, 1.54) is 17.8 Å². The predicted molar refractivity (Wildman–Crippen MR) is 101 cm³/mol. The number of anilines is 1. The van der Waals surface area contributed by atoms with Gasteiger partial charge in [0, 0.05) is 24.3 Å². The van der Waals surface area contributed by atoms with E-state index in [4.69, 9.17) is 5.11 Å². The van der Waals surface area contributed by atoms with Crippen LogP contribution in [-0.4, -0.2) is 29.0 Å². The molecule has 0 aliphatic rings. The lowest BCUT2D eigenvalue weighted by Gasteiger charge is -2.11. The zero-order chi connectivity index (χ0) is 18.9. The SMILES string of the molecule is Cc1cc(S(=O)(=O)Nc2ccccc2Sc2nccn2C)sc1C(=O)O. The molecule has 0 atom stereocenters. The Morgan fingerprint density at radius 1 is 1.35 bits per heavy atom. The van der Waals surface area contributed by atoms with Gasteiger partial charge >= 0.3 is 5.97 Å². The zero-order valence-corrected chi connectivity index (χ0v) is 16.3. The molecule has 0 spiro atoms. The number of para-hydroxylation sites is 1. The smallest absolute Gasteiger partial charge is 0.346 e. The topological polar surface area (TPSA) is 101 Å². The molecule has 3 rings (SSSR count). The van der Waals surface area contributed by atoms with E-state index >= 15 is 0 Å². The number of sulfonamides is 1. The first-order valence-corrected chi connectivity index (χ1v) is 10.5. The summed E-state index contributed by atoms with van der Waals surface area (Å²) < 4.78 is 29.7. The molecule has 0 saturated carbocycles. The fraction of sp³-hybridized carbons (Fsp3) is 0.125. The van der Waals surface area contributed by atoms with Crippen molar-refractivity contribution in [3.63, 3.8) is 0 Å². The minimum Gasteiger partial charge on any atom is -0.477 e. The van der Waals surface area contributed by atoms with Gasteiger partial charge in [-0.2, -0.15) is 0 Å². The van der Waals surface area contributed by atoms with Gasteiger partial charge in [-0.3, -0.25) is 4.72 Å². The number of carboxylic acid groups (broad SMARTS) is 1. The van der Waals surface area contributed by atoms with Crippen LogP contribution in [-0.2, 0) is 17.1 Å². The lowest BCUT2D eigenvalue weighted by Crippen LogP contribution is -2.12. The van der Waals surface area contributed by atoms with Crippen LogP contribution in [0.15, 0.2) is 57.0 Å². The van der Waals surface area contributed by atoms with Gasteiger partial charge < -0.3 is 9.67 Å². The Hall–Kier alpha value is -2.30. The number of hydrogen-bond acceptors (Lipinski definition) is 6. The third-order valence-electron chi connectivity index (χ3n) is 3.46. The molecule has 26 heavy (non-hydrogen) atoms. The second kappa shape index (κ2) is 7.14. The highest BCUT2D eigenvalue weighted by Gasteiger charge is 2.23. The molecule has 1 aromatic carbocycles.